The molecule has 1 rings (SSSR count). The van der Waals surface area contributed by atoms with Crippen molar-refractivity contribution in [3.05, 3.63) is 29.6 Å². The summed E-state index contributed by atoms with van der Waals surface area (Å²) in [6.45, 7) is 5.60. The predicted octanol–water partition coefficient (Wildman–Crippen LogP) is 2.48. The molecule has 0 bridgehead atoms. The van der Waals surface area contributed by atoms with E-state index < -0.39 is 0 Å². The van der Waals surface area contributed by atoms with Crippen LogP contribution in [0.15, 0.2) is 18.2 Å². The zero-order valence-electron chi connectivity index (χ0n) is 8.46. The molecule has 0 amide bonds. The van der Waals surface area contributed by atoms with Crippen molar-refractivity contribution in [1.29, 1.82) is 0 Å². The Morgan fingerprint density at radius 2 is 1.93 bits per heavy atom. The molecule has 0 saturated carbocycles. The molecule has 76 valence electrons. The summed E-state index contributed by atoms with van der Waals surface area (Å²) in [5.41, 5.74) is 1.14. The molecule has 0 saturated heterocycles. The zero-order chi connectivity index (χ0) is 10.6. The number of anilines is 1. The van der Waals surface area contributed by atoms with Gasteiger partial charge in [-0.3, -0.25) is 4.79 Å². The molecule has 1 aromatic carbocycles. The van der Waals surface area contributed by atoms with E-state index in [4.69, 9.17) is 0 Å². The molecule has 0 spiro atoms. The summed E-state index contributed by atoms with van der Waals surface area (Å²) in [5.74, 6) is -0.364. The van der Waals surface area contributed by atoms with Crippen LogP contribution in [-0.2, 0) is 0 Å². The van der Waals surface area contributed by atoms with E-state index in [1.807, 2.05) is 18.7 Å². The van der Waals surface area contributed by atoms with Gasteiger partial charge in [0.2, 0.25) is 0 Å². The summed E-state index contributed by atoms with van der Waals surface area (Å²) in [5, 5.41) is 0. The first kappa shape index (κ1) is 10.7. The number of halogens is 1. The van der Waals surface area contributed by atoms with Crippen molar-refractivity contribution in [2.45, 2.75) is 13.8 Å². The maximum absolute atomic E-state index is 13.1. The minimum atomic E-state index is -0.364. The molecular weight excluding hydrogens is 181 g/mol. The summed E-state index contributed by atoms with van der Waals surface area (Å²) in [6, 6.07) is 4.38. The molecule has 3 heteroatoms. The third-order valence-electron chi connectivity index (χ3n) is 2.17. The minimum absolute atomic E-state index is 0.364. The van der Waals surface area contributed by atoms with Crippen LogP contribution in [0.4, 0.5) is 10.1 Å². The maximum atomic E-state index is 13.1. The summed E-state index contributed by atoms with van der Waals surface area (Å²) in [4.78, 5) is 12.5. The fourth-order valence-electron chi connectivity index (χ4n) is 1.44. The Labute approximate surface area is 83.3 Å². The fourth-order valence-corrected chi connectivity index (χ4v) is 1.44. The molecule has 0 N–H and O–H groups in total. The molecule has 0 aliphatic rings. The van der Waals surface area contributed by atoms with Crippen LogP contribution in [0.2, 0.25) is 0 Å². The highest BCUT2D eigenvalue weighted by Crippen LogP contribution is 2.17. The number of benzene rings is 1. The first-order chi connectivity index (χ1) is 6.71. The van der Waals surface area contributed by atoms with Crippen LogP contribution in [0.3, 0.4) is 0 Å². The largest absolute Gasteiger partial charge is 0.372 e. The van der Waals surface area contributed by atoms with Gasteiger partial charge in [0.05, 0.1) is 0 Å². The lowest BCUT2D eigenvalue weighted by Crippen LogP contribution is -2.22. The average Bonchev–Trinajstić information content (AvgIpc) is 2.19. The smallest absolute Gasteiger partial charge is 0.150 e. The standard InChI is InChI=1S/C11H14FNO/c1-3-13(4-2)11-6-9(8-14)5-10(12)7-11/h5-8H,3-4H2,1-2H3. The Morgan fingerprint density at radius 1 is 1.29 bits per heavy atom. The van der Waals surface area contributed by atoms with Gasteiger partial charge in [0, 0.05) is 24.3 Å². The van der Waals surface area contributed by atoms with Crippen LogP contribution < -0.4 is 4.90 Å². The Morgan fingerprint density at radius 3 is 2.43 bits per heavy atom. The van der Waals surface area contributed by atoms with Crippen LogP contribution in [0.25, 0.3) is 0 Å². The Kier molecular flexibility index (Phi) is 3.63. The molecule has 0 atom stereocenters. The highest BCUT2D eigenvalue weighted by molar-refractivity contribution is 5.77. The van der Waals surface area contributed by atoms with Crippen molar-refractivity contribution >= 4 is 12.0 Å². The third kappa shape index (κ3) is 2.31. The van der Waals surface area contributed by atoms with Crippen molar-refractivity contribution in [3.63, 3.8) is 0 Å². The normalized spacial score (nSPS) is 9.93. The van der Waals surface area contributed by atoms with Crippen molar-refractivity contribution in [1.82, 2.24) is 0 Å². The second-order valence-corrected chi connectivity index (χ2v) is 3.03. The number of hydrogen-bond donors (Lipinski definition) is 0. The van der Waals surface area contributed by atoms with Crippen molar-refractivity contribution < 1.29 is 9.18 Å². The van der Waals surface area contributed by atoms with Crippen molar-refractivity contribution in [3.8, 4) is 0 Å². The topological polar surface area (TPSA) is 20.3 Å². The van der Waals surface area contributed by atoms with Crippen molar-refractivity contribution in [2.75, 3.05) is 18.0 Å². The molecule has 0 aliphatic carbocycles. The van der Waals surface area contributed by atoms with E-state index in [1.165, 1.54) is 12.1 Å². The van der Waals surface area contributed by atoms with E-state index in [2.05, 4.69) is 0 Å². The first-order valence-corrected chi connectivity index (χ1v) is 4.72. The average molecular weight is 195 g/mol. The predicted molar refractivity (Wildman–Crippen MR) is 55.3 cm³/mol. The first-order valence-electron chi connectivity index (χ1n) is 4.72. The number of carbonyl (C=O) groups excluding carboxylic acids is 1. The lowest BCUT2D eigenvalue weighted by molar-refractivity contribution is 0.112. The van der Waals surface area contributed by atoms with Gasteiger partial charge in [-0.1, -0.05) is 0 Å². The number of carbonyl (C=O) groups is 1. The van der Waals surface area contributed by atoms with E-state index in [0.29, 0.717) is 11.8 Å². The number of aldehydes is 1. The lowest BCUT2D eigenvalue weighted by atomic mass is 10.2. The summed E-state index contributed by atoms with van der Waals surface area (Å²) in [7, 11) is 0. The van der Waals surface area contributed by atoms with Crippen LogP contribution in [-0.4, -0.2) is 19.4 Å². The van der Waals surface area contributed by atoms with Gasteiger partial charge in [0.25, 0.3) is 0 Å². The molecule has 0 unspecified atom stereocenters. The second-order valence-electron chi connectivity index (χ2n) is 3.03. The van der Waals surface area contributed by atoms with Gasteiger partial charge in [0.1, 0.15) is 12.1 Å². The quantitative estimate of drug-likeness (QED) is 0.688. The van der Waals surface area contributed by atoms with E-state index >= 15 is 0 Å². The Balaban J connectivity index is 3.07. The van der Waals surface area contributed by atoms with Gasteiger partial charge < -0.3 is 4.90 Å². The number of nitrogens with zero attached hydrogens (tertiary/aromatic N) is 1. The fraction of sp³-hybridized carbons (Fsp3) is 0.364. The van der Waals surface area contributed by atoms with E-state index in [1.54, 1.807) is 6.07 Å². The second kappa shape index (κ2) is 4.74. The summed E-state index contributed by atoms with van der Waals surface area (Å²) < 4.78 is 13.1. The van der Waals surface area contributed by atoms with Gasteiger partial charge in [-0.05, 0) is 32.0 Å². The molecular formula is C11H14FNO. The van der Waals surface area contributed by atoms with E-state index in [0.717, 1.165) is 18.8 Å². The SMILES string of the molecule is CCN(CC)c1cc(F)cc(C=O)c1. The highest BCUT2D eigenvalue weighted by Gasteiger charge is 2.05. The summed E-state index contributed by atoms with van der Waals surface area (Å²) >= 11 is 0. The third-order valence-corrected chi connectivity index (χ3v) is 2.17. The number of hydrogen-bond acceptors (Lipinski definition) is 2. The molecule has 0 fully saturated rings. The van der Waals surface area contributed by atoms with Crippen LogP contribution in [0.1, 0.15) is 24.2 Å². The molecule has 1 aromatic rings. The van der Waals surface area contributed by atoms with Gasteiger partial charge in [-0.15, -0.1) is 0 Å². The van der Waals surface area contributed by atoms with Gasteiger partial charge in [0.15, 0.2) is 0 Å². The Hall–Kier alpha value is -1.38. The van der Waals surface area contributed by atoms with Gasteiger partial charge >= 0.3 is 0 Å². The molecule has 2 nitrogen and oxygen atoms in total. The van der Waals surface area contributed by atoms with Gasteiger partial charge in [-0.2, -0.15) is 0 Å². The van der Waals surface area contributed by atoms with Gasteiger partial charge in [-0.25, -0.2) is 4.39 Å². The van der Waals surface area contributed by atoms with E-state index in [9.17, 15) is 9.18 Å². The van der Waals surface area contributed by atoms with Crippen molar-refractivity contribution in [2.24, 2.45) is 0 Å². The maximum Gasteiger partial charge on any atom is 0.150 e. The molecule has 0 radical (unpaired) electrons. The highest BCUT2D eigenvalue weighted by atomic mass is 19.1. The molecule has 0 aromatic heterocycles. The van der Waals surface area contributed by atoms with Crippen LogP contribution in [0.5, 0.6) is 0 Å². The lowest BCUT2D eigenvalue weighted by Gasteiger charge is -2.21. The molecule has 0 heterocycles. The summed E-state index contributed by atoms with van der Waals surface area (Å²) in [6.07, 6.45) is 0.663. The minimum Gasteiger partial charge on any atom is -0.372 e. The Bertz CT molecular complexity index is 321. The zero-order valence-corrected chi connectivity index (χ0v) is 8.46. The molecule has 14 heavy (non-hydrogen) atoms. The number of rotatable bonds is 4. The van der Waals surface area contributed by atoms with Crippen LogP contribution in [0, 0.1) is 5.82 Å². The molecule has 0 aliphatic heterocycles. The van der Waals surface area contributed by atoms with E-state index in [-0.39, 0.29) is 5.82 Å². The monoisotopic (exact) mass is 195 g/mol. The van der Waals surface area contributed by atoms with Crippen LogP contribution >= 0.6 is 0 Å².